The number of anilines is 1. The van der Waals surface area contributed by atoms with Gasteiger partial charge >= 0.3 is 5.97 Å². The zero-order chi connectivity index (χ0) is 13.4. The summed E-state index contributed by atoms with van der Waals surface area (Å²) in [5.74, 6) is 0.605. The fourth-order valence-electron chi connectivity index (χ4n) is 2.65. The van der Waals surface area contributed by atoms with Crippen LogP contribution in [0.1, 0.15) is 18.5 Å². The number of rotatable bonds is 2. The predicted molar refractivity (Wildman–Crippen MR) is 70.1 cm³/mol. The number of aryl methyl sites for hydroxylation is 1. The van der Waals surface area contributed by atoms with Gasteiger partial charge in [-0.2, -0.15) is 5.10 Å². The summed E-state index contributed by atoms with van der Waals surface area (Å²) in [6.45, 7) is 2.76. The molecular weight excluding hydrogens is 244 g/mol. The van der Waals surface area contributed by atoms with Crippen LogP contribution in [0.4, 0.5) is 5.82 Å². The predicted octanol–water partition coefficient (Wildman–Crippen LogP) is 1.18. The lowest BCUT2D eigenvalue weighted by Gasteiger charge is -2.23. The van der Waals surface area contributed by atoms with Crippen molar-refractivity contribution in [2.45, 2.75) is 25.8 Å². The van der Waals surface area contributed by atoms with Crippen LogP contribution in [0.25, 0.3) is 5.52 Å². The average molecular weight is 260 g/mol. The van der Waals surface area contributed by atoms with Crippen molar-refractivity contribution in [3.05, 3.63) is 24.2 Å². The number of hydrogen-bond donors (Lipinski definition) is 0. The van der Waals surface area contributed by atoms with Crippen LogP contribution in [0.5, 0.6) is 0 Å². The van der Waals surface area contributed by atoms with Crippen LogP contribution in [0, 0.1) is 6.92 Å². The minimum absolute atomic E-state index is 0.197. The van der Waals surface area contributed by atoms with E-state index in [4.69, 9.17) is 4.74 Å². The highest BCUT2D eigenvalue weighted by atomic mass is 16.5. The third-order valence-corrected chi connectivity index (χ3v) is 3.49. The van der Waals surface area contributed by atoms with Crippen molar-refractivity contribution in [3.8, 4) is 0 Å². The zero-order valence-electron chi connectivity index (χ0n) is 11.0. The number of ether oxygens (including phenoxy) is 1. The summed E-state index contributed by atoms with van der Waals surface area (Å²) < 4.78 is 6.67. The molecule has 2 aromatic rings. The number of esters is 1. The average Bonchev–Trinajstić information content (AvgIpc) is 3.01. The van der Waals surface area contributed by atoms with Crippen molar-refractivity contribution in [1.29, 1.82) is 0 Å². The Bertz CT molecular complexity index is 622. The molecule has 1 fully saturated rings. The van der Waals surface area contributed by atoms with E-state index in [1.54, 1.807) is 10.7 Å². The zero-order valence-corrected chi connectivity index (χ0v) is 11.0. The molecule has 0 aliphatic carbocycles. The summed E-state index contributed by atoms with van der Waals surface area (Å²) in [5, 5.41) is 4.37. The second kappa shape index (κ2) is 4.53. The van der Waals surface area contributed by atoms with Crippen LogP contribution in [0.15, 0.2) is 18.5 Å². The number of carbonyl (C=O) groups is 1. The Hall–Kier alpha value is -2.11. The molecule has 3 heterocycles. The summed E-state index contributed by atoms with van der Waals surface area (Å²) in [4.78, 5) is 18.3. The van der Waals surface area contributed by atoms with Crippen molar-refractivity contribution in [2.75, 3.05) is 18.6 Å². The summed E-state index contributed by atoms with van der Waals surface area (Å²) in [5.41, 5.74) is 1.86. The van der Waals surface area contributed by atoms with Crippen LogP contribution in [-0.4, -0.2) is 40.3 Å². The summed E-state index contributed by atoms with van der Waals surface area (Å²) in [6, 6.07) is 1.74. The normalized spacial score (nSPS) is 19.1. The first-order valence-corrected chi connectivity index (χ1v) is 6.36. The molecule has 6 nitrogen and oxygen atoms in total. The lowest BCUT2D eigenvalue weighted by Crippen LogP contribution is -2.37. The minimum atomic E-state index is -0.237. The number of carbonyl (C=O) groups excluding carboxylic acids is 1. The van der Waals surface area contributed by atoms with Gasteiger partial charge in [0.25, 0.3) is 0 Å². The fourth-order valence-corrected chi connectivity index (χ4v) is 2.65. The van der Waals surface area contributed by atoms with Gasteiger partial charge in [-0.1, -0.05) is 0 Å². The van der Waals surface area contributed by atoms with Gasteiger partial charge in [-0.05, 0) is 25.8 Å². The molecule has 3 rings (SSSR count). The van der Waals surface area contributed by atoms with E-state index in [9.17, 15) is 4.79 Å². The fraction of sp³-hybridized carbons (Fsp3) is 0.462. The smallest absolute Gasteiger partial charge is 0.328 e. The van der Waals surface area contributed by atoms with Crippen molar-refractivity contribution in [1.82, 2.24) is 14.6 Å². The van der Waals surface area contributed by atoms with Gasteiger partial charge < -0.3 is 9.64 Å². The molecule has 1 unspecified atom stereocenters. The van der Waals surface area contributed by atoms with Gasteiger partial charge in [-0.15, -0.1) is 0 Å². The van der Waals surface area contributed by atoms with Gasteiger partial charge in [0, 0.05) is 18.9 Å². The third-order valence-electron chi connectivity index (χ3n) is 3.49. The van der Waals surface area contributed by atoms with Gasteiger partial charge in [0.2, 0.25) is 0 Å². The second-order valence-electron chi connectivity index (χ2n) is 4.74. The van der Waals surface area contributed by atoms with Crippen LogP contribution in [-0.2, 0) is 9.53 Å². The summed E-state index contributed by atoms with van der Waals surface area (Å²) in [7, 11) is 1.43. The van der Waals surface area contributed by atoms with E-state index in [0.717, 1.165) is 36.4 Å². The molecule has 100 valence electrons. The van der Waals surface area contributed by atoms with E-state index in [1.807, 2.05) is 24.1 Å². The van der Waals surface area contributed by atoms with Crippen LogP contribution in [0.2, 0.25) is 0 Å². The Morgan fingerprint density at radius 3 is 3.16 bits per heavy atom. The highest BCUT2D eigenvalue weighted by Crippen LogP contribution is 2.28. The van der Waals surface area contributed by atoms with Crippen molar-refractivity contribution < 1.29 is 9.53 Å². The Balaban J connectivity index is 2.05. The first kappa shape index (κ1) is 12.0. The Morgan fingerprint density at radius 1 is 1.53 bits per heavy atom. The molecule has 0 aromatic carbocycles. The lowest BCUT2D eigenvalue weighted by molar-refractivity contribution is -0.141. The van der Waals surface area contributed by atoms with Crippen molar-refractivity contribution >= 4 is 17.3 Å². The van der Waals surface area contributed by atoms with Gasteiger partial charge in [-0.3, -0.25) is 0 Å². The van der Waals surface area contributed by atoms with E-state index in [1.165, 1.54) is 7.11 Å². The largest absolute Gasteiger partial charge is 0.467 e. The highest BCUT2D eigenvalue weighted by Gasteiger charge is 2.33. The maximum Gasteiger partial charge on any atom is 0.328 e. The molecule has 0 saturated carbocycles. The lowest BCUT2D eigenvalue weighted by atomic mass is 10.2. The van der Waals surface area contributed by atoms with E-state index in [-0.39, 0.29) is 12.0 Å². The Morgan fingerprint density at radius 2 is 2.37 bits per heavy atom. The van der Waals surface area contributed by atoms with Crippen molar-refractivity contribution in [2.24, 2.45) is 0 Å². The third kappa shape index (κ3) is 1.93. The van der Waals surface area contributed by atoms with Gasteiger partial charge in [0.15, 0.2) is 5.82 Å². The first-order chi connectivity index (χ1) is 9.20. The molecule has 0 bridgehead atoms. The molecule has 2 aromatic heterocycles. The quantitative estimate of drug-likeness (QED) is 0.759. The SMILES string of the molecule is COC(=O)C1CCCN1c1nccn2nc(C)cc12. The Labute approximate surface area is 111 Å². The first-order valence-electron chi connectivity index (χ1n) is 6.36. The molecule has 0 spiro atoms. The molecule has 19 heavy (non-hydrogen) atoms. The van der Waals surface area contributed by atoms with E-state index >= 15 is 0 Å². The number of hydrogen-bond acceptors (Lipinski definition) is 5. The maximum atomic E-state index is 11.8. The van der Waals surface area contributed by atoms with Gasteiger partial charge in [-0.25, -0.2) is 14.3 Å². The molecule has 0 N–H and O–H groups in total. The Kier molecular flexibility index (Phi) is 2.85. The standard InChI is InChI=1S/C13H16N4O2/c1-9-8-11-12(14-5-7-17(11)15-9)16-6-3-4-10(16)13(18)19-2/h5,7-8,10H,3-4,6H2,1-2H3. The second-order valence-corrected chi connectivity index (χ2v) is 4.74. The number of aromatic nitrogens is 3. The van der Waals surface area contributed by atoms with Crippen LogP contribution < -0.4 is 4.90 Å². The van der Waals surface area contributed by atoms with Crippen molar-refractivity contribution in [3.63, 3.8) is 0 Å². The molecule has 0 amide bonds. The minimum Gasteiger partial charge on any atom is -0.467 e. The molecule has 1 aliphatic rings. The topological polar surface area (TPSA) is 59.7 Å². The summed E-state index contributed by atoms with van der Waals surface area (Å²) >= 11 is 0. The summed E-state index contributed by atoms with van der Waals surface area (Å²) in [6.07, 6.45) is 5.30. The molecule has 1 atom stereocenters. The molecule has 1 aliphatic heterocycles. The molecular formula is C13H16N4O2. The van der Waals surface area contributed by atoms with E-state index < -0.39 is 0 Å². The molecule has 6 heteroatoms. The number of fused-ring (bicyclic) bond motifs is 1. The maximum absolute atomic E-state index is 11.8. The van der Waals surface area contributed by atoms with Gasteiger partial charge in [0.1, 0.15) is 11.6 Å². The van der Waals surface area contributed by atoms with E-state index in [2.05, 4.69) is 10.1 Å². The highest BCUT2D eigenvalue weighted by molar-refractivity contribution is 5.83. The number of methoxy groups -OCH3 is 1. The molecule has 0 radical (unpaired) electrons. The molecule has 1 saturated heterocycles. The van der Waals surface area contributed by atoms with Crippen LogP contribution >= 0.6 is 0 Å². The van der Waals surface area contributed by atoms with Gasteiger partial charge in [0.05, 0.1) is 12.8 Å². The van der Waals surface area contributed by atoms with Crippen LogP contribution in [0.3, 0.4) is 0 Å². The number of nitrogens with zero attached hydrogens (tertiary/aromatic N) is 4. The van der Waals surface area contributed by atoms with E-state index in [0.29, 0.717) is 0 Å². The monoisotopic (exact) mass is 260 g/mol.